The third-order valence-electron chi connectivity index (χ3n) is 7.01. The van der Waals surface area contributed by atoms with Gasteiger partial charge in [-0.1, -0.05) is 29.8 Å². The third kappa shape index (κ3) is 5.82. The highest BCUT2D eigenvalue weighted by molar-refractivity contribution is 7.89. The van der Waals surface area contributed by atoms with Crippen molar-refractivity contribution in [2.75, 3.05) is 31.5 Å². The van der Waals surface area contributed by atoms with E-state index in [0.717, 1.165) is 19.3 Å². The molecule has 0 aromatic heterocycles. The Labute approximate surface area is 215 Å². The van der Waals surface area contributed by atoms with Gasteiger partial charge in [-0.05, 0) is 81.9 Å². The van der Waals surface area contributed by atoms with Crippen LogP contribution in [0, 0.1) is 5.41 Å². The zero-order chi connectivity index (χ0) is 26.1. The first-order valence-electron chi connectivity index (χ1n) is 11.7. The lowest BCUT2D eigenvalue weighted by Crippen LogP contribution is -2.45. The van der Waals surface area contributed by atoms with Gasteiger partial charge in [0.2, 0.25) is 15.9 Å². The number of sulfonamides is 1. The Morgan fingerprint density at radius 2 is 1.83 bits per heavy atom. The highest BCUT2D eigenvalue weighted by Gasteiger charge is 2.53. The highest BCUT2D eigenvalue weighted by atomic mass is 35.5. The maximum atomic E-state index is 13.5. The number of carbonyl (C=O) groups is 1. The van der Waals surface area contributed by atoms with Crippen LogP contribution >= 0.6 is 11.6 Å². The van der Waals surface area contributed by atoms with E-state index < -0.39 is 22.2 Å². The van der Waals surface area contributed by atoms with Gasteiger partial charge in [-0.3, -0.25) is 9.69 Å². The minimum Gasteiger partial charge on any atom is -0.433 e. The monoisotopic (exact) mass is 541 g/mol. The van der Waals surface area contributed by atoms with Crippen LogP contribution in [0.3, 0.4) is 0 Å². The molecule has 2 heterocycles. The molecule has 0 unspecified atom stereocenters. The number of para-hydroxylation sites is 2. The van der Waals surface area contributed by atoms with E-state index in [9.17, 15) is 22.0 Å². The van der Waals surface area contributed by atoms with Gasteiger partial charge in [0, 0.05) is 17.1 Å². The Hall–Kier alpha value is -2.27. The molecule has 1 amide bonds. The van der Waals surface area contributed by atoms with Gasteiger partial charge in [-0.15, -0.1) is 0 Å². The third-order valence-corrected chi connectivity index (χ3v) is 9.30. The Balaban J connectivity index is 1.38. The van der Waals surface area contributed by atoms with Crippen molar-refractivity contribution in [3.63, 3.8) is 0 Å². The van der Waals surface area contributed by atoms with E-state index in [1.165, 1.54) is 18.2 Å². The Kier molecular flexibility index (Phi) is 7.62. The van der Waals surface area contributed by atoms with Crippen LogP contribution in [-0.4, -0.2) is 61.9 Å². The van der Waals surface area contributed by atoms with Crippen molar-refractivity contribution >= 4 is 33.2 Å². The van der Waals surface area contributed by atoms with Crippen LogP contribution in [0.5, 0.6) is 5.75 Å². The number of halogens is 3. The molecule has 36 heavy (non-hydrogen) atoms. The first-order chi connectivity index (χ1) is 16.9. The molecule has 0 bridgehead atoms. The molecule has 2 saturated heterocycles. The first-order valence-corrected chi connectivity index (χ1v) is 13.6. The lowest BCUT2D eigenvalue weighted by Gasteiger charge is -2.39. The van der Waals surface area contributed by atoms with Crippen LogP contribution in [-0.2, 0) is 14.8 Å². The van der Waals surface area contributed by atoms with Crippen molar-refractivity contribution in [3.8, 4) is 5.75 Å². The van der Waals surface area contributed by atoms with Gasteiger partial charge >= 0.3 is 6.61 Å². The van der Waals surface area contributed by atoms with Crippen molar-refractivity contribution in [2.24, 2.45) is 5.41 Å². The van der Waals surface area contributed by atoms with E-state index >= 15 is 0 Å². The second-order valence-electron chi connectivity index (χ2n) is 10.2. The van der Waals surface area contributed by atoms with Gasteiger partial charge in [0.05, 0.1) is 17.1 Å². The molecule has 2 fully saturated rings. The summed E-state index contributed by atoms with van der Waals surface area (Å²) < 4.78 is 58.2. The Bertz CT molecular complexity index is 1220. The van der Waals surface area contributed by atoms with Gasteiger partial charge in [-0.25, -0.2) is 8.42 Å². The molecule has 2 aromatic carbocycles. The number of hydrogen-bond acceptors (Lipinski definition) is 5. The molecular formula is C25H30ClF2N3O4S. The van der Waals surface area contributed by atoms with Crippen molar-refractivity contribution in [2.45, 2.75) is 50.2 Å². The number of rotatable bonds is 7. The van der Waals surface area contributed by atoms with Crippen LogP contribution in [0.25, 0.3) is 0 Å². The lowest BCUT2D eigenvalue weighted by atomic mass is 9.74. The fourth-order valence-corrected chi connectivity index (χ4v) is 7.62. The first kappa shape index (κ1) is 26.8. The predicted octanol–water partition coefficient (Wildman–Crippen LogP) is 4.84. The van der Waals surface area contributed by atoms with Gasteiger partial charge < -0.3 is 10.1 Å². The normalized spacial score (nSPS) is 20.1. The van der Waals surface area contributed by atoms with Crippen molar-refractivity contribution in [1.82, 2.24) is 9.21 Å². The second kappa shape index (κ2) is 10.2. The number of amides is 1. The zero-order valence-corrected chi connectivity index (χ0v) is 21.8. The molecule has 2 aliphatic heterocycles. The summed E-state index contributed by atoms with van der Waals surface area (Å²) in [5.41, 5.74) is -0.551. The summed E-state index contributed by atoms with van der Waals surface area (Å²) >= 11 is 6.05. The molecule has 0 atom stereocenters. The molecular weight excluding hydrogens is 512 g/mol. The molecule has 1 N–H and O–H groups in total. The molecule has 0 saturated carbocycles. The molecule has 2 aromatic rings. The fourth-order valence-electron chi connectivity index (χ4n) is 5.43. The van der Waals surface area contributed by atoms with Crippen LogP contribution in [0.15, 0.2) is 53.4 Å². The number of likely N-dealkylation sites (tertiary alicyclic amines) is 1. The molecule has 196 valence electrons. The number of ether oxygens (including phenoxy) is 1. The average molecular weight is 542 g/mol. The quantitative estimate of drug-likeness (QED) is 0.543. The van der Waals surface area contributed by atoms with E-state index in [0.29, 0.717) is 24.7 Å². The second-order valence-corrected chi connectivity index (χ2v) is 12.5. The fraction of sp³-hybridized carbons (Fsp3) is 0.480. The maximum Gasteiger partial charge on any atom is 0.387 e. The smallest absolute Gasteiger partial charge is 0.387 e. The van der Waals surface area contributed by atoms with E-state index in [-0.39, 0.29) is 34.2 Å². The SMILES string of the molecule is CC1(C)CC2(CCN(CC(=O)Nc3ccccc3OC(F)F)CC2)CN1S(=O)(=O)c1cccc(Cl)c1. The predicted molar refractivity (Wildman–Crippen MR) is 134 cm³/mol. The molecule has 4 rings (SSSR count). The maximum absolute atomic E-state index is 13.5. The van der Waals surface area contributed by atoms with E-state index in [4.69, 9.17) is 11.6 Å². The molecule has 2 aliphatic rings. The summed E-state index contributed by atoms with van der Waals surface area (Å²) in [6, 6.07) is 12.4. The average Bonchev–Trinajstić information content (AvgIpc) is 3.07. The number of hydrogen-bond donors (Lipinski definition) is 1. The van der Waals surface area contributed by atoms with Crippen molar-refractivity contribution in [1.29, 1.82) is 0 Å². The molecule has 1 spiro atoms. The summed E-state index contributed by atoms with van der Waals surface area (Å²) in [6.45, 7) is 2.68. The number of alkyl halides is 2. The summed E-state index contributed by atoms with van der Waals surface area (Å²) in [6.07, 6.45) is 2.21. The largest absolute Gasteiger partial charge is 0.433 e. The summed E-state index contributed by atoms with van der Waals surface area (Å²) in [5.74, 6) is -0.416. The number of anilines is 1. The van der Waals surface area contributed by atoms with Gasteiger partial charge in [0.15, 0.2) is 0 Å². The standard InChI is InChI=1S/C25H30ClF2N3O4S/c1-24(2)16-25(17-31(24)36(33,34)19-7-5-6-18(26)14-19)10-12-30(13-11-25)15-22(32)29-20-8-3-4-9-21(20)35-23(27)28/h3-9,14,23H,10-13,15-17H2,1-2H3,(H,29,32). The number of nitrogens with one attached hydrogen (secondary N) is 1. The minimum absolute atomic E-state index is 0.0901. The van der Waals surface area contributed by atoms with Crippen molar-refractivity contribution < 1.29 is 26.7 Å². The van der Waals surface area contributed by atoms with Crippen LogP contribution in [0.4, 0.5) is 14.5 Å². The van der Waals surface area contributed by atoms with Crippen LogP contribution < -0.4 is 10.1 Å². The van der Waals surface area contributed by atoms with Crippen LogP contribution in [0.2, 0.25) is 5.02 Å². The minimum atomic E-state index is -3.72. The number of piperidine rings is 1. The topological polar surface area (TPSA) is 79.0 Å². The molecule has 11 heteroatoms. The Morgan fingerprint density at radius 3 is 2.50 bits per heavy atom. The van der Waals surface area contributed by atoms with Crippen molar-refractivity contribution in [3.05, 3.63) is 53.6 Å². The number of benzene rings is 2. The molecule has 0 radical (unpaired) electrons. The van der Waals surface area contributed by atoms with Gasteiger partial charge in [0.1, 0.15) is 5.75 Å². The summed E-state index contributed by atoms with van der Waals surface area (Å²) in [4.78, 5) is 14.8. The molecule has 7 nitrogen and oxygen atoms in total. The molecule has 0 aliphatic carbocycles. The highest BCUT2D eigenvalue weighted by Crippen LogP contribution is 2.50. The lowest BCUT2D eigenvalue weighted by molar-refractivity contribution is -0.118. The van der Waals surface area contributed by atoms with E-state index in [2.05, 4.69) is 10.1 Å². The van der Waals surface area contributed by atoms with Gasteiger partial charge in [-0.2, -0.15) is 13.1 Å². The number of nitrogens with zero attached hydrogens (tertiary/aromatic N) is 2. The number of carbonyl (C=O) groups excluding carboxylic acids is 1. The van der Waals surface area contributed by atoms with Crippen LogP contribution in [0.1, 0.15) is 33.1 Å². The van der Waals surface area contributed by atoms with Gasteiger partial charge in [0.25, 0.3) is 0 Å². The summed E-state index contributed by atoms with van der Waals surface area (Å²) in [7, 11) is -3.72. The van der Waals surface area contributed by atoms with E-state index in [1.54, 1.807) is 34.6 Å². The summed E-state index contributed by atoms with van der Waals surface area (Å²) in [5, 5.41) is 3.02. The Morgan fingerprint density at radius 1 is 1.14 bits per heavy atom. The van der Waals surface area contributed by atoms with E-state index in [1.807, 2.05) is 18.7 Å². The zero-order valence-electron chi connectivity index (χ0n) is 20.2.